The number of urea groups is 1. The zero-order chi connectivity index (χ0) is 29.0. The Morgan fingerprint density at radius 1 is 1.00 bits per heavy atom. The molecule has 1 saturated heterocycles. The first-order valence-corrected chi connectivity index (χ1v) is 12.8. The van der Waals surface area contributed by atoms with Gasteiger partial charge in [0.25, 0.3) is 5.91 Å². The van der Waals surface area contributed by atoms with Crippen LogP contribution in [0.4, 0.5) is 36.8 Å². The molecule has 1 fully saturated rings. The van der Waals surface area contributed by atoms with Crippen LogP contribution in [0, 0.1) is 5.82 Å². The van der Waals surface area contributed by atoms with E-state index in [0.29, 0.717) is 0 Å². The molecular formula is C22H20F6N4O6S. The van der Waals surface area contributed by atoms with E-state index >= 15 is 0 Å². The molecule has 0 aliphatic carbocycles. The summed E-state index contributed by atoms with van der Waals surface area (Å²) in [7, 11) is -3.36. The number of sulfone groups is 1. The van der Waals surface area contributed by atoms with Crippen molar-refractivity contribution in [3.05, 3.63) is 59.4 Å². The highest BCUT2D eigenvalue weighted by atomic mass is 32.2. The maximum absolute atomic E-state index is 14.9. The fourth-order valence-corrected chi connectivity index (χ4v) is 4.60. The first kappa shape index (κ1) is 29.5. The quantitative estimate of drug-likeness (QED) is 0.399. The Morgan fingerprint density at radius 2 is 1.62 bits per heavy atom. The Hall–Kier alpha value is -4.02. The molecule has 0 aromatic heterocycles. The minimum Gasteiger partial charge on any atom is -0.406 e. The first-order valence-electron chi connectivity index (χ1n) is 10.9. The van der Waals surface area contributed by atoms with E-state index in [2.05, 4.69) is 4.74 Å². The van der Waals surface area contributed by atoms with Crippen LogP contribution in [0.5, 0.6) is 5.75 Å². The van der Waals surface area contributed by atoms with E-state index in [1.807, 2.05) is 0 Å². The van der Waals surface area contributed by atoms with E-state index in [1.54, 1.807) is 5.43 Å². The second kappa shape index (κ2) is 11.8. The zero-order valence-corrected chi connectivity index (χ0v) is 20.5. The topological polar surface area (TPSA) is 125 Å². The van der Waals surface area contributed by atoms with Crippen molar-refractivity contribution in [3.63, 3.8) is 0 Å². The highest BCUT2D eigenvalue weighted by Gasteiger charge is 2.32. The molecule has 0 radical (unpaired) electrons. The maximum Gasteiger partial charge on any atom is 0.573 e. The van der Waals surface area contributed by atoms with Crippen LogP contribution in [0.2, 0.25) is 0 Å². The minimum atomic E-state index is -4.96. The average molecular weight is 582 g/mol. The number of ether oxygens (including phenoxy) is 1. The van der Waals surface area contributed by atoms with Crippen LogP contribution < -0.4 is 20.5 Å². The van der Waals surface area contributed by atoms with Crippen LogP contribution in [-0.4, -0.2) is 68.5 Å². The number of nitrogens with zero attached hydrogens (tertiary/aromatic N) is 2. The zero-order valence-electron chi connectivity index (χ0n) is 19.7. The molecule has 0 spiro atoms. The van der Waals surface area contributed by atoms with Crippen LogP contribution in [-0.2, 0) is 21.2 Å². The van der Waals surface area contributed by atoms with E-state index in [0.717, 1.165) is 47.4 Å². The molecule has 1 heterocycles. The number of hydrogen-bond donors (Lipinski definition) is 2. The molecule has 2 aromatic rings. The standard InChI is InChI=1S/C22H20F6N4O6S/c23-17-11-13(19(33)29-30-20(34)18(24)25)1-2-14(17)12-32(21(35)31-7-9-39(36,37)10-8-31)15-3-5-16(6-4-15)38-22(26,27)28/h1-6,11,18H,7-10,12H2,(H,29,33)(H,30,34). The van der Waals surface area contributed by atoms with Gasteiger partial charge < -0.3 is 9.64 Å². The monoisotopic (exact) mass is 582 g/mol. The lowest BCUT2D eigenvalue weighted by atomic mass is 10.1. The molecule has 3 rings (SSSR count). The second-order valence-corrected chi connectivity index (χ2v) is 10.4. The Balaban J connectivity index is 1.84. The number of carbonyl (C=O) groups is 3. The molecule has 1 aliphatic heterocycles. The molecule has 0 saturated carbocycles. The number of hydrazine groups is 1. The Kier molecular flexibility index (Phi) is 8.93. The van der Waals surface area contributed by atoms with Gasteiger partial charge >= 0.3 is 24.7 Å². The second-order valence-electron chi connectivity index (χ2n) is 8.10. The third-order valence-electron chi connectivity index (χ3n) is 5.37. The summed E-state index contributed by atoms with van der Waals surface area (Å²) in [5, 5.41) is 0. The largest absolute Gasteiger partial charge is 0.573 e. The average Bonchev–Trinajstić information content (AvgIpc) is 2.85. The van der Waals surface area contributed by atoms with Crippen molar-refractivity contribution in [2.24, 2.45) is 0 Å². The molecule has 2 aromatic carbocycles. The lowest BCUT2D eigenvalue weighted by Gasteiger charge is -2.33. The molecule has 17 heteroatoms. The summed E-state index contributed by atoms with van der Waals surface area (Å²) >= 11 is 0. The molecule has 1 aliphatic rings. The Bertz CT molecular complexity index is 1320. The predicted molar refractivity (Wildman–Crippen MR) is 123 cm³/mol. The lowest BCUT2D eigenvalue weighted by molar-refractivity contribution is -0.274. The third-order valence-corrected chi connectivity index (χ3v) is 6.98. The molecule has 2 N–H and O–H groups in total. The van der Waals surface area contributed by atoms with E-state index in [4.69, 9.17) is 0 Å². The summed E-state index contributed by atoms with van der Waals surface area (Å²) in [5.41, 5.74) is 2.64. The number of anilines is 1. The minimum absolute atomic E-state index is 0.0267. The molecular weight excluding hydrogens is 562 g/mol. The van der Waals surface area contributed by atoms with Gasteiger partial charge in [0.1, 0.15) is 11.6 Å². The van der Waals surface area contributed by atoms with Crippen LogP contribution in [0.15, 0.2) is 42.5 Å². The number of rotatable bonds is 6. The van der Waals surface area contributed by atoms with Crippen LogP contribution in [0.3, 0.4) is 0 Å². The van der Waals surface area contributed by atoms with Crippen molar-refractivity contribution < 1.29 is 53.9 Å². The summed E-state index contributed by atoms with van der Waals surface area (Å²) in [6, 6.07) is 6.24. The number of carbonyl (C=O) groups excluding carboxylic acids is 3. The maximum atomic E-state index is 14.9. The van der Waals surface area contributed by atoms with Gasteiger partial charge in [-0.25, -0.2) is 17.6 Å². The highest BCUT2D eigenvalue weighted by molar-refractivity contribution is 7.91. The molecule has 0 atom stereocenters. The molecule has 4 amide bonds. The summed E-state index contributed by atoms with van der Waals surface area (Å²) in [6.45, 7) is -0.824. The van der Waals surface area contributed by atoms with E-state index in [1.165, 1.54) is 10.3 Å². The molecule has 10 nitrogen and oxygen atoms in total. The van der Waals surface area contributed by atoms with Crippen LogP contribution in [0.1, 0.15) is 15.9 Å². The van der Waals surface area contributed by atoms with Crippen molar-refractivity contribution in [2.45, 2.75) is 19.3 Å². The normalized spacial score (nSPS) is 15.0. The Morgan fingerprint density at radius 3 is 2.15 bits per heavy atom. The van der Waals surface area contributed by atoms with Crippen molar-refractivity contribution in [3.8, 4) is 5.75 Å². The van der Waals surface area contributed by atoms with E-state index < -0.39 is 58.6 Å². The number of nitrogens with one attached hydrogen (secondary N) is 2. The smallest absolute Gasteiger partial charge is 0.406 e. The van der Waals surface area contributed by atoms with Crippen molar-refractivity contribution in [2.75, 3.05) is 29.5 Å². The number of halogens is 6. The number of benzene rings is 2. The third kappa shape index (κ3) is 8.23. The van der Waals surface area contributed by atoms with Crippen LogP contribution >= 0.6 is 0 Å². The SMILES string of the molecule is O=C(NNC(=O)C(F)F)c1ccc(CN(C(=O)N2CCS(=O)(=O)CC2)c2ccc(OC(F)(F)F)cc2)c(F)c1. The first-order chi connectivity index (χ1) is 18.1. The van der Waals surface area contributed by atoms with Gasteiger partial charge in [-0.05, 0) is 36.4 Å². The van der Waals surface area contributed by atoms with Gasteiger partial charge in [0.15, 0.2) is 9.84 Å². The van der Waals surface area contributed by atoms with Gasteiger partial charge in [0, 0.05) is 29.9 Å². The van der Waals surface area contributed by atoms with Gasteiger partial charge in [0.2, 0.25) is 0 Å². The lowest BCUT2D eigenvalue weighted by Crippen LogP contribution is -2.49. The van der Waals surface area contributed by atoms with Gasteiger partial charge in [-0.15, -0.1) is 13.2 Å². The van der Waals surface area contributed by atoms with E-state index in [-0.39, 0.29) is 41.4 Å². The molecule has 212 valence electrons. The van der Waals surface area contributed by atoms with Gasteiger partial charge in [-0.1, -0.05) is 6.07 Å². The number of alkyl halides is 5. The summed E-state index contributed by atoms with van der Waals surface area (Å²) < 4.78 is 104. The molecule has 39 heavy (non-hydrogen) atoms. The van der Waals surface area contributed by atoms with Gasteiger partial charge in [-0.3, -0.25) is 25.3 Å². The van der Waals surface area contributed by atoms with Crippen LogP contribution in [0.25, 0.3) is 0 Å². The molecule has 0 bridgehead atoms. The van der Waals surface area contributed by atoms with Crippen molar-refractivity contribution >= 4 is 33.4 Å². The van der Waals surface area contributed by atoms with Crippen molar-refractivity contribution in [1.29, 1.82) is 0 Å². The summed E-state index contributed by atoms with van der Waals surface area (Å²) in [4.78, 5) is 38.4. The predicted octanol–water partition coefficient (Wildman–Crippen LogP) is 2.61. The summed E-state index contributed by atoms with van der Waals surface area (Å²) in [6.07, 6.45) is -8.36. The number of amides is 4. The van der Waals surface area contributed by atoms with Crippen molar-refractivity contribution in [1.82, 2.24) is 15.8 Å². The summed E-state index contributed by atoms with van der Waals surface area (Å²) in [5.74, 6) is -5.12. The Labute approximate surface area is 217 Å². The fraction of sp³-hybridized carbons (Fsp3) is 0.318. The van der Waals surface area contributed by atoms with Gasteiger partial charge in [0.05, 0.1) is 18.1 Å². The molecule has 0 unspecified atom stereocenters. The number of hydrogen-bond acceptors (Lipinski definition) is 6. The van der Waals surface area contributed by atoms with E-state index in [9.17, 15) is 49.1 Å². The fourth-order valence-electron chi connectivity index (χ4n) is 3.40. The van der Waals surface area contributed by atoms with Gasteiger partial charge in [-0.2, -0.15) is 8.78 Å². The highest BCUT2D eigenvalue weighted by Crippen LogP contribution is 2.27.